The van der Waals surface area contributed by atoms with Gasteiger partial charge in [0.1, 0.15) is 9.84 Å². The van der Waals surface area contributed by atoms with Crippen LogP contribution in [0.5, 0.6) is 0 Å². The molecular formula is C15H24N2O3S. The number of aryl methyl sites for hydroxylation is 1. The smallest absolute Gasteiger partial charge is 0.255 e. The van der Waals surface area contributed by atoms with Gasteiger partial charge in [-0.1, -0.05) is 13.0 Å². The number of nitrogens with zero attached hydrogens (tertiary/aromatic N) is 1. The molecule has 0 heterocycles. The van der Waals surface area contributed by atoms with Crippen LogP contribution in [0.25, 0.3) is 0 Å². The standard InChI is InChI=1S/C15H24N2O3S/c1-5-8-16-14-11-12(2)6-7-13(14)15(18)17(3)9-10-21(4,19)20/h6-7,11,16H,5,8-10H2,1-4H3. The van der Waals surface area contributed by atoms with Gasteiger partial charge in [0.15, 0.2) is 0 Å². The highest BCUT2D eigenvalue weighted by Crippen LogP contribution is 2.19. The fourth-order valence-electron chi connectivity index (χ4n) is 1.86. The van der Waals surface area contributed by atoms with E-state index in [9.17, 15) is 13.2 Å². The number of amides is 1. The first-order valence-corrected chi connectivity index (χ1v) is 9.08. The lowest BCUT2D eigenvalue weighted by atomic mass is 10.1. The molecule has 0 saturated carbocycles. The van der Waals surface area contributed by atoms with Gasteiger partial charge in [0.2, 0.25) is 0 Å². The molecule has 1 N–H and O–H groups in total. The Morgan fingerprint density at radius 2 is 2.00 bits per heavy atom. The molecule has 0 aromatic heterocycles. The van der Waals surface area contributed by atoms with E-state index in [2.05, 4.69) is 12.2 Å². The highest BCUT2D eigenvalue weighted by atomic mass is 32.2. The fraction of sp³-hybridized carbons (Fsp3) is 0.533. The molecule has 0 radical (unpaired) electrons. The van der Waals surface area contributed by atoms with Gasteiger partial charge in [-0.25, -0.2) is 8.42 Å². The highest BCUT2D eigenvalue weighted by Gasteiger charge is 2.17. The molecule has 5 nitrogen and oxygen atoms in total. The first-order chi connectivity index (χ1) is 9.74. The number of carbonyl (C=O) groups excluding carboxylic acids is 1. The summed E-state index contributed by atoms with van der Waals surface area (Å²) < 4.78 is 22.4. The summed E-state index contributed by atoms with van der Waals surface area (Å²) in [6.45, 7) is 5.01. The molecule has 0 aliphatic heterocycles. The van der Waals surface area contributed by atoms with E-state index >= 15 is 0 Å². The van der Waals surface area contributed by atoms with Crippen LogP contribution in [-0.4, -0.2) is 51.4 Å². The van der Waals surface area contributed by atoms with E-state index in [0.717, 1.165) is 24.2 Å². The van der Waals surface area contributed by atoms with Gasteiger partial charge in [-0.05, 0) is 31.0 Å². The lowest BCUT2D eigenvalue weighted by Gasteiger charge is -2.19. The van der Waals surface area contributed by atoms with Gasteiger partial charge in [-0.3, -0.25) is 4.79 Å². The molecule has 21 heavy (non-hydrogen) atoms. The van der Waals surface area contributed by atoms with E-state index < -0.39 is 9.84 Å². The van der Waals surface area contributed by atoms with E-state index in [1.165, 1.54) is 11.2 Å². The van der Waals surface area contributed by atoms with Gasteiger partial charge >= 0.3 is 0 Å². The minimum atomic E-state index is -3.08. The summed E-state index contributed by atoms with van der Waals surface area (Å²) in [6, 6.07) is 5.61. The Morgan fingerprint density at radius 1 is 1.33 bits per heavy atom. The molecule has 118 valence electrons. The summed E-state index contributed by atoms with van der Waals surface area (Å²) in [6.07, 6.45) is 2.14. The second-order valence-electron chi connectivity index (χ2n) is 5.33. The number of sulfone groups is 1. The average Bonchev–Trinajstić information content (AvgIpc) is 2.41. The minimum absolute atomic E-state index is 0.0289. The monoisotopic (exact) mass is 312 g/mol. The molecule has 1 aromatic rings. The van der Waals surface area contributed by atoms with Crippen molar-refractivity contribution in [3.05, 3.63) is 29.3 Å². The quantitative estimate of drug-likeness (QED) is 0.835. The predicted octanol–water partition coefficient (Wildman–Crippen LogP) is 1.93. The molecule has 0 atom stereocenters. The molecule has 0 bridgehead atoms. The molecule has 1 amide bonds. The minimum Gasteiger partial charge on any atom is -0.384 e. The summed E-state index contributed by atoms with van der Waals surface area (Å²) in [5, 5.41) is 3.25. The normalized spacial score (nSPS) is 11.2. The van der Waals surface area contributed by atoms with Crippen LogP contribution in [0.4, 0.5) is 5.69 Å². The summed E-state index contributed by atoms with van der Waals surface area (Å²) in [7, 11) is -1.45. The largest absolute Gasteiger partial charge is 0.384 e. The Labute approximate surface area is 127 Å². The summed E-state index contributed by atoms with van der Waals surface area (Å²) in [4.78, 5) is 13.9. The Hall–Kier alpha value is -1.56. The summed E-state index contributed by atoms with van der Waals surface area (Å²) >= 11 is 0. The molecule has 0 unspecified atom stereocenters. The maximum atomic E-state index is 12.4. The van der Waals surface area contributed by atoms with Gasteiger partial charge in [0, 0.05) is 32.1 Å². The number of hydrogen-bond acceptors (Lipinski definition) is 4. The molecule has 6 heteroatoms. The maximum Gasteiger partial charge on any atom is 0.255 e. The van der Waals surface area contributed by atoms with Crippen LogP contribution in [-0.2, 0) is 9.84 Å². The van der Waals surface area contributed by atoms with Crippen LogP contribution in [0.15, 0.2) is 18.2 Å². The number of carbonyl (C=O) groups is 1. The van der Waals surface area contributed by atoms with Crippen molar-refractivity contribution in [1.29, 1.82) is 0 Å². The van der Waals surface area contributed by atoms with Gasteiger partial charge in [-0.2, -0.15) is 0 Å². The van der Waals surface area contributed by atoms with Crippen molar-refractivity contribution < 1.29 is 13.2 Å². The number of hydrogen-bond donors (Lipinski definition) is 1. The van der Waals surface area contributed by atoms with Crippen LogP contribution >= 0.6 is 0 Å². The highest BCUT2D eigenvalue weighted by molar-refractivity contribution is 7.90. The Balaban J connectivity index is 2.90. The zero-order valence-corrected chi connectivity index (χ0v) is 14.0. The average molecular weight is 312 g/mol. The predicted molar refractivity (Wildman–Crippen MR) is 86.6 cm³/mol. The van der Waals surface area contributed by atoms with Crippen LogP contribution in [0.2, 0.25) is 0 Å². The van der Waals surface area contributed by atoms with Gasteiger partial charge in [0.05, 0.1) is 11.3 Å². The Morgan fingerprint density at radius 3 is 2.57 bits per heavy atom. The second-order valence-corrected chi connectivity index (χ2v) is 7.59. The van der Waals surface area contributed by atoms with Crippen LogP contribution in [0.1, 0.15) is 29.3 Å². The third kappa shape index (κ3) is 5.75. The first-order valence-electron chi connectivity index (χ1n) is 7.02. The van der Waals surface area contributed by atoms with Gasteiger partial charge in [-0.15, -0.1) is 0 Å². The molecule has 0 aliphatic rings. The third-order valence-corrected chi connectivity index (χ3v) is 4.04. The number of rotatable bonds is 7. The van der Waals surface area contributed by atoms with Crippen molar-refractivity contribution in [1.82, 2.24) is 4.90 Å². The molecule has 1 aromatic carbocycles. The van der Waals surface area contributed by atoms with Gasteiger partial charge in [0.25, 0.3) is 5.91 Å². The van der Waals surface area contributed by atoms with E-state index in [1.54, 1.807) is 13.1 Å². The van der Waals surface area contributed by atoms with Crippen molar-refractivity contribution in [2.75, 3.05) is 37.5 Å². The van der Waals surface area contributed by atoms with Crippen LogP contribution in [0.3, 0.4) is 0 Å². The van der Waals surface area contributed by atoms with Crippen molar-refractivity contribution in [3.63, 3.8) is 0 Å². The van der Waals surface area contributed by atoms with Crippen molar-refractivity contribution in [2.24, 2.45) is 0 Å². The topological polar surface area (TPSA) is 66.5 Å². The van der Waals surface area contributed by atoms with Gasteiger partial charge < -0.3 is 10.2 Å². The maximum absolute atomic E-state index is 12.4. The van der Waals surface area contributed by atoms with Crippen molar-refractivity contribution in [3.8, 4) is 0 Å². The van der Waals surface area contributed by atoms with Crippen molar-refractivity contribution in [2.45, 2.75) is 20.3 Å². The number of benzene rings is 1. The van der Waals surface area contributed by atoms with E-state index in [4.69, 9.17) is 0 Å². The second kappa shape index (κ2) is 7.45. The Bertz CT molecular complexity index is 597. The molecular weight excluding hydrogens is 288 g/mol. The number of anilines is 1. The van der Waals surface area contributed by atoms with E-state index in [1.807, 2.05) is 19.1 Å². The lowest BCUT2D eigenvalue weighted by molar-refractivity contribution is 0.0804. The van der Waals surface area contributed by atoms with Crippen LogP contribution < -0.4 is 5.32 Å². The zero-order valence-electron chi connectivity index (χ0n) is 13.1. The molecule has 0 spiro atoms. The first kappa shape index (κ1) is 17.5. The summed E-state index contributed by atoms with van der Waals surface area (Å²) in [5.74, 6) is -0.198. The van der Waals surface area contributed by atoms with E-state index in [-0.39, 0.29) is 18.2 Å². The lowest BCUT2D eigenvalue weighted by Crippen LogP contribution is -2.32. The fourth-order valence-corrected chi connectivity index (χ4v) is 2.47. The van der Waals surface area contributed by atoms with Crippen molar-refractivity contribution >= 4 is 21.4 Å². The molecule has 0 saturated heterocycles. The summed E-state index contributed by atoms with van der Waals surface area (Å²) in [5.41, 5.74) is 2.45. The molecule has 0 aliphatic carbocycles. The molecule has 1 rings (SSSR count). The number of nitrogens with one attached hydrogen (secondary N) is 1. The zero-order chi connectivity index (χ0) is 16.0. The third-order valence-electron chi connectivity index (χ3n) is 3.12. The Kier molecular flexibility index (Phi) is 6.20. The SMILES string of the molecule is CCCNc1cc(C)ccc1C(=O)N(C)CCS(C)(=O)=O. The molecule has 0 fully saturated rings. The van der Waals surface area contributed by atoms with E-state index in [0.29, 0.717) is 5.56 Å². The van der Waals surface area contributed by atoms with Crippen LogP contribution in [0, 0.1) is 6.92 Å².